The Kier molecular flexibility index (Phi) is 5.36. The molecule has 0 atom stereocenters. The van der Waals surface area contributed by atoms with Crippen molar-refractivity contribution in [3.05, 3.63) is 11.3 Å². The van der Waals surface area contributed by atoms with E-state index in [-0.39, 0.29) is 11.3 Å². The fourth-order valence-electron chi connectivity index (χ4n) is 0.864. The number of methoxy groups -OCH3 is 2. The molecule has 0 fully saturated rings. The zero-order valence-corrected chi connectivity index (χ0v) is 8.75. The van der Waals surface area contributed by atoms with Gasteiger partial charge in [0.25, 0.3) is 0 Å². The van der Waals surface area contributed by atoms with Gasteiger partial charge in [-0.05, 0) is 13.8 Å². The van der Waals surface area contributed by atoms with Gasteiger partial charge in [-0.25, -0.2) is 9.59 Å². The van der Waals surface area contributed by atoms with Gasteiger partial charge in [-0.1, -0.05) is 0 Å². The summed E-state index contributed by atoms with van der Waals surface area (Å²) in [5, 5.41) is 0. The Morgan fingerprint density at radius 1 is 1.07 bits per heavy atom. The van der Waals surface area contributed by atoms with Crippen LogP contribution in [0.2, 0.25) is 0 Å². The number of hydrogen-bond donors (Lipinski definition) is 0. The molecule has 0 heterocycles. The molecule has 0 N–H and O–H groups in total. The van der Waals surface area contributed by atoms with Crippen LogP contribution in [0.3, 0.4) is 0 Å². The summed E-state index contributed by atoms with van der Waals surface area (Å²) in [4.78, 5) is 22.3. The van der Waals surface area contributed by atoms with Crippen molar-refractivity contribution in [1.82, 2.24) is 0 Å². The van der Waals surface area contributed by atoms with E-state index in [0.717, 1.165) is 0 Å². The first kappa shape index (κ1) is 12.5. The lowest BCUT2D eigenvalue weighted by Gasteiger charge is -2.08. The molecule has 5 nitrogen and oxygen atoms in total. The van der Waals surface area contributed by atoms with Gasteiger partial charge < -0.3 is 14.2 Å². The summed E-state index contributed by atoms with van der Waals surface area (Å²) in [5.41, 5.74) is -0.211. The van der Waals surface area contributed by atoms with Crippen molar-refractivity contribution >= 4 is 11.9 Å². The zero-order chi connectivity index (χ0) is 11.1. The normalized spacial score (nSPS) is 8.86. The highest BCUT2D eigenvalue weighted by Gasteiger charge is 2.23. The number of ether oxygens (including phenoxy) is 3. The molecule has 0 saturated carbocycles. The van der Waals surface area contributed by atoms with Gasteiger partial charge >= 0.3 is 11.9 Å². The topological polar surface area (TPSA) is 61.8 Å². The monoisotopic (exact) mass is 202 g/mol. The summed E-state index contributed by atoms with van der Waals surface area (Å²) >= 11 is 0. The largest absolute Gasteiger partial charge is 0.497 e. The van der Waals surface area contributed by atoms with Crippen LogP contribution in [0.1, 0.15) is 13.8 Å². The van der Waals surface area contributed by atoms with E-state index in [9.17, 15) is 9.59 Å². The number of carbonyl (C=O) groups excluding carboxylic acids is 2. The molecule has 80 valence electrons. The van der Waals surface area contributed by atoms with E-state index in [2.05, 4.69) is 9.47 Å². The minimum atomic E-state index is -0.761. The first-order valence-electron chi connectivity index (χ1n) is 4.08. The second kappa shape index (κ2) is 6.01. The average molecular weight is 202 g/mol. The van der Waals surface area contributed by atoms with Crippen molar-refractivity contribution in [1.29, 1.82) is 0 Å². The Balaban J connectivity index is 4.97. The van der Waals surface area contributed by atoms with Gasteiger partial charge in [0, 0.05) is 0 Å². The summed E-state index contributed by atoms with van der Waals surface area (Å²) in [5.74, 6) is -1.32. The van der Waals surface area contributed by atoms with Crippen LogP contribution in [0.4, 0.5) is 0 Å². The number of allylic oxidation sites excluding steroid dienone is 1. The fourth-order valence-corrected chi connectivity index (χ4v) is 0.864. The summed E-state index contributed by atoms with van der Waals surface area (Å²) in [6.45, 7) is 3.62. The molecule has 0 aromatic heterocycles. The maximum atomic E-state index is 11.2. The third-order valence-electron chi connectivity index (χ3n) is 1.49. The number of rotatable bonds is 4. The molecule has 0 aliphatic carbocycles. The van der Waals surface area contributed by atoms with E-state index in [1.165, 1.54) is 21.1 Å². The van der Waals surface area contributed by atoms with E-state index >= 15 is 0 Å². The molecule has 0 radical (unpaired) electrons. The lowest BCUT2D eigenvalue weighted by atomic mass is 10.2. The number of hydrogen-bond acceptors (Lipinski definition) is 5. The molecule has 0 bridgehead atoms. The molecule has 0 aliphatic rings. The lowest BCUT2D eigenvalue weighted by molar-refractivity contribution is -0.144. The highest BCUT2D eigenvalue weighted by molar-refractivity contribution is 6.14. The van der Waals surface area contributed by atoms with Crippen LogP contribution in [0.15, 0.2) is 11.3 Å². The maximum absolute atomic E-state index is 11.2. The third kappa shape index (κ3) is 3.08. The van der Waals surface area contributed by atoms with Crippen LogP contribution in [-0.2, 0) is 23.8 Å². The Morgan fingerprint density at radius 2 is 1.50 bits per heavy atom. The SMILES string of the molecule is CCOC(C)=C(C(=O)OC)C(=O)OC. The van der Waals surface area contributed by atoms with E-state index in [1.54, 1.807) is 6.92 Å². The van der Waals surface area contributed by atoms with Crippen LogP contribution in [0.5, 0.6) is 0 Å². The van der Waals surface area contributed by atoms with Crippen LogP contribution < -0.4 is 0 Å². The van der Waals surface area contributed by atoms with Gasteiger partial charge in [0.15, 0.2) is 5.57 Å². The van der Waals surface area contributed by atoms with Crippen molar-refractivity contribution in [2.75, 3.05) is 20.8 Å². The van der Waals surface area contributed by atoms with Gasteiger partial charge in [0.05, 0.1) is 20.8 Å². The lowest BCUT2D eigenvalue weighted by Crippen LogP contribution is -2.18. The van der Waals surface area contributed by atoms with Crippen molar-refractivity contribution in [2.45, 2.75) is 13.8 Å². The maximum Gasteiger partial charge on any atom is 0.348 e. The van der Waals surface area contributed by atoms with Crippen LogP contribution in [0.25, 0.3) is 0 Å². The van der Waals surface area contributed by atoms with Crippen LogP contribution in [0, 0.1) is 0 Å². The second-order valence-electron chi connectivity index (χ2n) is 2.35. The molecule has 0 aromatic carbocycles. The highest BCUT2D eigenvalue weighted by Crippen LogP contribution is 2.09. The quantitative estimate of drug-likeness (QED) is 0.220. The molecule has 0 aromatic rings. The van der Waals surface area contributed by atoms with Crippen LogP contribution >= 0.6 is 0 Å². The Hall–Kier alpha value is -1.52. The summed E-state index contributed by atoms with van der Waals surface area (Å²) in [7, 11) is 2.37. The molecule has 0 aliphatic heterocycles. The van der Waals surface area contributed by atoms with Crippen molar-refractivity contribution in [3.63, 3.8) is 0 Å². The molecule has 0 rings (SSSR count). The molecule has 0 spiro atoms. The van der Waals surface area contributed by atoms with Gasteiger partial charge in [-0.3, -0.25) is 0 Å². The average Bonchev–Trinajstić information content (AvgIpc) is 2.17. The van der Waals surface area contributed by atoms with Crippen molar-refractivity contribution < 1.29 is 23.8 Å². The Morgan fingerprint density at radius 3 is 1.79 bits per heavy atom. The highest BCUT2D eigenvalue weighted by atomic mass is 16.5. The standard InChI is InChI=1S/C9H14O5/c1-5-14-6(2)7(8(10)12-3)9(11)13-4/h5H2,1-4H3. The molecule has 14 heavy (non-hydrogen) atoms. The molecule has 0 saturated heterocycles. The first-order chi connectivity index (χ1) is 6.58. The van der Waals surface area contributed by atoms with E-state index in [4.69, 9.17) is 4.74 Å². The van der Waals surface area contributed by atoms with E-state index in [1.807, 2.05) is 0 Å². The van der Waals surface area contributed by atoms with Gasteiger partial charge in [-0.2, -0.15) is 0 Å². The number of carbonyl (C=O) groups is 2. The molecular weight excluding hydrogens is 188 g/mol. The number of esters is 2. The first-order valence-corrected chi connectivity index (χ1v) is 4.08. The summed E-state index contributed by atoms with van der Waals surface area (Å²) in [6, 6.07) is 0. The summed E-state index contributed by atoms with van der Waals surface area (Å²) < 4.78 is 13.9. The molecule has 0 amide bonds. The predicted molar refractivity (Wildman–Crippen MR) is 48.4 cm³/mol. The third-order valence-corrected chi connectivity index (χ3v) is 1.49. The Bertz CT molecular complexity index is 236. The van der Waals surface area contributed by atoms with Gasteiger partial charge in [0.2, 0.25) is 0 Å². The molecular formula is C9H14O5. The minimum absolute atomic E-state index is 0.200. The zero-order valence-electron chi connectivity index (χ0n) is 8.75. The predicted octanol–water partition coefficient (Wildman–Crippen LogP) is 0.643. The van der Waals surface area contributed by atoms with Crippen molar-refractivity contribution in [3.8, 4) is 0 Å². The van der Waals surface area contributed by atoms with Crippen molar-refractivity contribution in [2.24, 2.45) is 0 Å². The van der Waals surface area contributed by atoms with Gasteiger partial charge in [0.1, 0.15) is 5.76 Å². The smallest absolute Gasteiger partial charge is 0.348 e. The summed E-state index contributed by atoms with van der Waals surface area (Å²) in [6.07, 6.45) is 0. The van der Waals surface area contributed by atoms with Gasteiger partial charge in [-0.15, -0.1) is 0 Å². The Labute approximate surface area is 82.6 Å². The molecule has 0 unspecified atom stereocenters. The second-order valence-corrected chi connectivity index (χ2v) is 2.35. The fraction of sp³-hybridized carbons (Fsp3) is 0.556. The minimum Gasteiger partial charge on any atom is -0.497 e. The molecule has 5 heteroatoms. The van der Waals surface area contributed by atoms with Crippen LogP contribution in [-0.4, -0.2) is 32.8 Å². The van der Waals surface area contributed by atoms with E-state index < -0.39 is 11.9 Å². The van der Waals surface area contributed by atoms with E-state index in [0.29, 0.717) is 6.61 Å².